The molecule has 1 aliphatic heterocycles. The van der Waals surface area contributed by atoms with Gasteiger partial charge in [0.25, 0.3) is 5.89 Å². The van der Waals surface area contributed by atoms with Gasteiger partial charge in [-0.15, -0.1) is 0 Å². The molecule has 1 aliphatic rings. The largest absolute Gasteiger partial charge is 0.451 e. The van der Waals surface area contributed by atoms with Gasteiger partial charge in [0.15, 0.2) is 5.76 Å². The number of benzene rings is 2. The van der Waals surface area contributed by atoms with E-state index in [4.69, 9.17) is 25.3 Å². The van der Waals surface area contributed by atoms with E-state index >= 15 is 0 Å². The van der Waals surface area contributed by atoms with Gasteiger partial charge in [-0.05, 0) is 37.3 Å². The summed E-state index contributed by atoms with van der Waals surface area (Å²) in [5.41, 5.74) is 1.89. The van der Waals surface area contributed by atoms with Crippen LogP contribution in [-0.4, -0.2) is 49.2 Å². The number of hydrogen-bond acceptors (Lipinski definition) is 7. The van der Waals surface area contributed by atoms with Crippen LogP contribution in [-0.2, 0) is 14.8 Å². The van der Waals surface area contributed by atoms with Crippen LogP contribution in [0.4, 0.5) is 0 Å². The highest BCUT2D eigenvalue weighted by Crippen LogP contribution is 2.35. The topological polar surface area (TPSA) is 98.7 Å². The number of aryl methyl sites for hydroxylation is 1. The van der Waals surface area contributed by atoms with Crippen molar-refractivity contribution in [2.24, 2.45) is 0 Å². The summed E-state index contributed by atoms with van der Waals surface area (Å²) < 4.78 is 44.0. The first-order valence-corrected chi connectivity index (χ1v) is 11.5. The van der Waals surface area contributed by atoms with Gasteiger partial charge in [-0.2, -0.15) is 9.29 Å². The molecule has 0 unspecified atom stereocenters. The van der Waals surface area contributed by atoms with Crippen LogP contribution >= 0.6 is 11.6 Å². The fraction of sp³-hybridized carbons (Fsp3) is 0.238. The van der Waals surface area contributed by atoms with Crippen LogP contribution in [0.5, 0.6) is 0 Å². The third-order valence-electron chi connectivity index (χ3n) is 5.25. The number of morpholine rings is 1. The molecule has 0 amide bonds. The fourth-order valence-electron chi connectivity index (χ4n) is 3.57. The van der Waals surface area contributed by atoms with Crippen molar-refractivity contribution in [1.29, 1.82) is 0 Å². The van der Waals surface area contributed by atoms with Crippen molar-refractivity contribution >= 4 is 32.6 Å². The minimum Gasteiger partial charge on any atom is -0.451 e. The molecule has 0 bridgehead atoms. The average molecular weight is 460 g/mol. The first-order valence-electron chi connectivity index (χ1n) is 9.65. The molecule has 0 saturated carbocycles. The van der Waals surface area contributed by atoms with E-state index in [1.807, 2.05) is 19.1 Å². The van der Waals surface area contributed by atoms with Crippen molar-refractivity contribution in [3.8, 4) is 23.0 Å². The normalized spacial score (nSPS) is 15.5. The number of nitrogens with zero attached hydrogens (tertiary/aromatic N) is 3. The lowest BCUT2D eigenvalue weighted by Crippen LogP contribution is -2.40. The maximum Gasteiger partial charge on any atom is 0.294 e. The summed E-state index contributed by atoms with van der Waals surface area (Å²) in [6.45, 7) is 3.28. The number of furan rings is 1. The van der Waals surface area contributed by atoms with E-state index in [-0.39, 0.29) is 10.8 Å². The summed E-state index contributed by atoms with van der Waals surface area (Å²) in [6, 6.07) is 12.0. The molecule has 2 aromatic carbocycles. The zero-order valence-electron chi connectivity index (χ0n) is 16.5. The van der Waals surface area contributed by atoms with Crippen molar-refractivity contribution in [3.63, 3.8) is 0 Å². The van der Waals surface area contributed by atoms with Crippen molar-refractivity contribution in [2.45, 2.75) is 11.8 Å². The van der Waals surface area contributed by atoms with Gasteiger partial charge in [0, 0.05) is 29.6 Å². The molecule has 31 heavy (non-hydrogen) atoms. The van der Waals surface area contributed by atoms with E-state index in [9.17, 15) is 8.42 Å². The summed E-state index contributed by atoms with van der Waals surface area (Å²) in [7, 11) is -3.62. The molecule has 4 aromatic rings. The number of halogens is 1. The van der Waals surface area contributed by atoms with Gasteiger partial charge in [-0.3, -0.25) is 0 Å². The Bertz CT molecular complexity index is 1370. The van der Waals surface area contributed by atoms with E-state index in [0.29, 0.717) is 65.0 Å². The Kier molecular flexibility index (Phi) is 5.05. The first-order chi connectivity index (χ1) is 14.9. The van der Waals surface area contributed by atoms with E-state index in [1.54, 1.807) is 30.3 Å². The van der Waals surface area contributed by atoms with E-state index < -0.39 is 10.0 Å². The Morgan fingerprint density at radius 1 is 1.10 bits per heavy atom. The molecule has 1 fully saturated rings. The van der Waals surface area contributed by atoms with Crippen molar-refractivity contribution in [3.05, 3.63) is 53.1 Å². The van der Waals surface area contributed by atoms with Crippen LogP contribution < -0.4 is 0 Å². The third-order valence-corrected chi connectivity index (χ3v) is 7.47. The summed E-state index contributed by atoms with van der Waals surface area (Å²) in [6.07, 6.45) is 0. The van der Waals surface area contributed by atoms with E-state index in [0.717, 1.165) is 0 Å². The maximum atomic E-state index is 13.0. The molecular formula is C21H18ClN3O5S. The highest BCUT2D eigenvalue weighted by molar-refractivity contribution is 7.89. The summed E-state index contributed by atoms with van der Waals surface area (Å²) >= 11 is 6.22. The Hall–Kier alpha value is -2.72. The number of aromatic nitrogens is 2. The van der Waals surface area contributed by atoms with Crippen LogP contribution in [0.2, 0.25) is 5.02 Å². The Labute approximate surface area is 183 Å². The molecule has 5 rings (SSSR count). The molecule has 2 aromatic heterocycles. The first kappa shape index (κ1) is 20.2. The van der Waals surface area contributed by atoms with Crippen LogP contribution in [0.15, 0.2) is 56.3 Å². The second kappa shape index (κ2) is 7.76. The van der Waals surface area contributed by atoms with Crippen molar-refractivity contribution in [1.82, 2.24) is 14.4 Å². The fourth-order valence-corrected chi connectivity index (χ4v) is 5.22. The Morgan fingerprint density at radius 3 is 2.65 bits per heavy atom. The number of ether oxygens (including phenoxy) is 1. The molecule has 0 N–H and O–H groups in total. The highest BCUT2D eigenvalue weighted by Gasteiger charge is 2.28. The Balaban J connectivity index is 1.53. The van der Waals surface area contributed by atoms with Crippen molar-refractivity contribution < 1.29 is 22.1 Å². The summed E-state index contributed by atoms with van der Waals surface area (Å²) in [5, 5.41) is 5.18. The van der Waals surface area contributed by atoms with Gasteiger partial charge >= 0.3 is 0 Å². The molecule has 8 nitrogen and oxygen atoms in total. The van der Waals surface area contributed by atoms with Gasteiger partial charge in [-0.1, -0.05) is 28.9 Å². The minimum absolute atomic E-state index is 0.196. The molecule has 0 radical (unpaired) electrons. The molecule has 0 aliphatic carbocycles. The minimum atomic E-state index is -3.62. The lowest BCUT2D eigenvalue weighted by Gasteiger charge is -2.26. The zero-order valence-corrected chi connectivity index (χ0v) is 18.1. The van der Waals surface area contributed by atoms with Crippen molar-refractivity contribution in [2.75, 3.05) is 26.3 Å². The van der Waals surface area contributed by atoms with Gasteiger partial charge in [0.05, 0.1) is 23.1 Å². The summed E-state index contributed by atoms with van der Waals surface area (Å²) in [5.74, 6) is 0.930. The zero-order chi connectivity index (χ0) is 21.6. The van der Waals surface area contributed by atoms with E-state index in [1.165, 1.54) is 4.31 Å². The number of rotatable bonds is 4. The van der Waals surface area contributed by atoms with Crippen LogP contribution in [0.3, 0.4) is 0 Å². The third kappa shape index (κ3) is 3.53. The number of fused-ring (bicyclic) bond motifs is 1. The monoisotopic (exact) mass is 459 g/mol. The molecule has 3 heterocycles. The number of sulfonamides is 1. The molecule has 0 atom stereocenters. The molecule has 10 heteroatoms. The quantitative estimate of drug-likeness (QED) is 0.452. The predicted molar refractivity (Wildman–Crippen MR) is 114 cm³/mol. The second-order valence-corrected chi connectivity index (χ2v) is 9.48. The molecular weight excluding hydrogens is 442 g/mol. The lowest BCUT2D eigenvalue weighted by molar-refractivity contribution is 0.0730. The van der Waals surface area contributed by atoms with Crippen LogP contribution in [0.1, 0.15) is 5.56 Å². The van der Waals surface area contributed by atoms with Gasteiger partial charge in [0.2, 0.25) is 15.8 Å². The maximum absolute atomic E-state index is 13.0. The van der Waals surface area contributed by atoms with Gasteiger partial charge in [-0.25, -0.2) is 8.42 Å². The predicted octanol–water partition coefficient (Wildman–Crippen LogP) is 4.13. The summed E-state index contributed by atoms with van der Waals surface area (Å²) in [4.78, 5) is 4.62. The SMILES string of the molecule is Cc1c(-c2nc(-c3ccccc3Cl)no2)oc2ccc(S(=O)(=O)N3CCOCC3)cc12. The standard InChI is InChI=1S/C21H18ClN3O5S/c1-13-16-12-14(31(26,27)25-8-10-28-11-9-25)6-7-18(16)29-19(13)21-23-20(24-30-21)15-4-2-3-5-17(15)22/h2-7,12H,8-11H2,1H3. The van der Waals surface area contributed by atoms with Crippen LogP contribution in [0, 0.1) is 6.92 Å². The smallest absolute Gasteiger partial charge is 0.294 e. The Morgan fingerprint density at radius 2 is 1.87 bits per heavy atom. The molecule has 160 valence electrons. The van der Waals surface area contributed by atoms with E-state index in [2.05, 4.69) is 10.1 Å². The average Bonchev–Trinajstić information content (AvgIpc) is 3.39. The van der Waals surface area contributed by atoms with Gasteiger partial charge < -0.3 is 13.7 Å². The number of hydrogen-bond donors (Lipinski definition) is 0. The molecule has 1 saturated heterocycles. The van der Waals surface area contributed by atoms with Crippen LogP contribution in [0.25, 0.3) is 34.0 Å². The van der Waals surface area contributed by atoms with Gasteiger partial charge in [0.1, 0.15) is 5.58 Å². The second-order valence-electron chi connectivity index (χ2n) is 7.13. The lowest BCUT2D eigenvalue weighted by atomic mass is 10.1. The molecule has 0 spiro atoms. The highest BCUT2D eigenvalue weighted by atomic mass is 35.5.